The number of benzene rings is 1. The normalized spacial score (nSPS) is 25.7. The van der Waals surface area contributed by atoms with E-state index in [9.17, 15) is 8.78 Å². The molecule has 35 heavy (non-hydrogen) atoms. The van der Waals surface area contributed by atoms with Gasteiger partial charge in [0.2, 0.25) is 0 Å². The maximum absolute atomic E-state index is 14.2. The van der Waals surface area contributed by atoms with E-state index in [-0.39, 0.29) is 17.7 Å². The monoisotopic (exact) mass is 483 g/mol. The highest BCUT2D eigenvalue weighted by Gasteiger charge is 2.49. The lowest BCUT2D eigenvalue weighted by Gasteiger charge is -2.50. The van der Waals surface area contributed by atoms with E-state index in [0.717, 1.165) is 82.1 Å². The Labute approximate surface area is 206 Å². The van der Waals surface area contributed by atoms with Gasteiger partial charge in [0.25, 0.3) is 0 Å². The summed E-state index contributed by atoms with van der Waals surface area (Å²) >= 11 is 0. The summed E-state index contributed by atoms with van der Waals surface area (Å²) in [5.41, 5.74) is 2.30. The van der Waals surface area contributed by atoms with E-state index in [1.807, 2.05) is 6.07 Å². The number of anilines is 1. The van der Waals surface area contributed by atoms with E-state index < -0.39 is 0 Å². The third-order valence-electron chi connectivity index (χ3n) is 8.70. The van der Waals surface area contributed by atoms with Gasteiger partial charge in [-0.25, -0.2) is 8.78 Å². The van der Waals surface area contributed by atoms with Gasteiger partial charge >= 0.3 is 0 Å². The zero-order valence-corrected chi connectivity index (χ0v) is 20.3. The molecular weight excluding hydrogens is 448 g/mol. The van der Waals surface area contributed by atoms with Crippen molar-refractivity contribution in [2.24, 2.45) is 5.41 Å². The van der Waals surface area contributed by atoms with Gasteiger partial charge in [-0.05, 0) is 69.3 Å². The van der Waals surface area contributed by atoms with Crippen LogP contribution in [0, 0.1) is 17.0 Å². The molecule has 1 aromatic heterocycles. The lowest BCUT2D eigenvalue weighted by atomic mass is 9.77. The van der Waals surface area contributed by atoms with E-state index in [1.54, 1.807) is 18.3 Å². The van der Waals surface area contributed by atoms with E-state index in [2.05, 4.69) is 14.8 Å². The van der Waals surface area contributed by atoms with Crippen molar-refractivity contribution in [3.63, 3.8) is 0 Å². The largest absolute Gasteiger partial charge is 0.490 e. The van der Waals surface area contributed by atoms with E-state index in [0.29, 0.717) is 17.4 Å². The van der Waals surface area contributed by atoms with Gasteiger partial charge in [0.15, 0.2) is 0 Å². The van der Waals surface area contributed by atoms with Crippen LogP contribution in [-0.4, -0.2) is 61.4 Å². The van der Waals surface area contributed by atoms with Crippen LogP contribution in [0.3, 0.4) is 0 Å². The van der Waals surface area contributed by atoms with Crippen molar-refractivity contribution in [3.05, 3.63) is 53.9 Å². The van der Waals surface area contributed by atoms with Crippen molar-refractivity contribution in [1.29, 1.82) is 0 Å². The second-order valence-corrected chi connectivity index (χ2v) is 11.0. The summed E-state index contributed by atoms with van der Waals surface area (Å²) in [5, 5.41) is 0. The quantitative estimate of drug-likeness (QED) is 0.588. The fourth-order valence-electron chi connectivity index (χ4n) is 6.79. The van der Waals surface area contributed by atoms with Gasteiger partial charge in [0, 0.05) is 49.0 Å². The minimum Gasteiger partial charge on any atom is -0.490 e. The Kier molecular flexibility index (Phi) is 6.39. The molecule has 0 radical (unpaired) electrons. The predicted molar refractivity (Wildman–Crippen MR) is 131 cm³/mol. The summed E-state index contributed by atoms with van der Waals surface area (Å²) < 4.78 is 39.5. The van der Waals surface area contributed by atoms with Crippen LogP contribution < -0.4 is 9.64 Å². The van der Waals surface area contributed by atoms with Crippen LogP contribution >= 0.6 is 0 Å². The number of nitrogens with zero attached hydrogens (tertiary/aromatic N) is 3. The summed E-state index contributed by atoms with van der Waals surface area (Å²) in [7, 11) is 0. The van der Waals surface area contributed by atoms with Gasteiger partial charge < -0.3 is 19.3 Å². The third-order valence-corrected chi connectivity index (χ3v) is 8.70. The fraction of sp³-hybridized carbons (Fsp3) is 0.607. The van der Waals surface area contributed by atoms with Crippen LogP contribution in [0.1, 0.15) is 56.4 Å². The summed E-state index contributed by atoms with van der Waals surface area (Å²) in [6.07, 6.45) is 10.7. The molecule has 2 aromatic rings. The van der Waals surface area contributed by atoms with Gasteiger partial charge in [-0.2, -0.15) is 0 Å². The van der Waals surface area contributed by atoms with Crippen LogP contribution in [0.5, 0.6) is 5.75 Å². The highest BCUT2D eigenvalue weighted by atomic mass is 19.1. The number of piperidine rings is 1. The SMILES string of the molecule is Fc1cncc(N2CC3(CC[C@@H](N4CCC(c5cc(F)ccc5OC5CCOCC5)CC4)C3)C2)c1. The molecule has 4 heterocycles. The van der Waals surface area contributed by atoms with Gasteiger partial charge in [-0.15, -0.1) is 0 Å². The first kappa shape index (κ1) is 23.2. The first-order valence-corrected chi connectivity index (χ1v) is 13.2. The molecule has 0 N–H and O–H groups in total. The minimum absolute atomic E-state index is 0.160. The summed E-state index contributed by atoms with van der Waals surface area (Å²) in [5.74, 6) is 0.752. The molecule has 7 heteroatoms. The van der Waals surface area contributed by atoms with E-state index in [4.69, 9.17) is 9.47 Å². The molecule has 0 bridgehead atoms. The Hall–Kier alpha value is -2.25. The Balaban J connectivity index is 1.04. The van der Waals surface area contributed by atoms with Gasteiger partial charge in [0.05, 0.1) is 31.3 Å². The van der Waals surface area contributed by atoms with Crippen LogP contribution in [0.2, 0.25) is 0 Å². The highest BCUT2D eigenvalue weighted by molar-refractivity contribution is 5.48. The summed E-state index contributed by atoms with van der Waals surface area (Å²) in [6, 6.07) is 7.25. The van der Waals surface area contributed by atoms with Crippen molar-refractivity contribution in [1.82, 2.24) is 9.88 Å². The number of hydrogen-bond donors (Lipinski definition) is 0. The standard InChI is InChI=1S/C28H35F2N3O2/c29-21-1-2-27(35-25-6-11-34-12-7-25)26(14-21)20-4-9-32(10-5-20)23-3-8-28(15-23)18-33(19-28)24-13-22(30)16-31-17-24/h1-2,13-14,16-17,20,23,25H,3-12,15,18-19H2/t23-/m1/s1. The molecular formula is C28H35F2N3O2. The molecule has 5 nitrogen and oxygen atoms in total. The maximum Gasteiger partial charge on any atom is 0.143 e. The lowest BCUT2D eigenvalue weighted by molar-refractivity contribution is 0.0248. The smallest absolute Gasteiger partial charge is 0.143 e. The second-order valence-electron chi connectivity index (χ2n) is 11.0. The molecule has 1 spiro atoms. The molecule has 1 saturated carbocycles. The van der Waals surface area contributed by atoms with Crippen LogP contribution in [-0.2, 0) is 4.74 Å². The summed E-state index contributed by atoms with van der Waals surface area (Å²) in [4.78, 5) is 8.93. The maximum atomic E-state index is 14.2. The second kappa shape index (κ2) is 9.66. The van der Waals surface area contributed by atoms with E-state index >= 15 is 0 Å². The lowest BCUT2D eigenvalue weighted by Crippen LogP contribution is -2.56. The third kappa shape index (κ3) is 4.90. The van der Waals surface area contributed by atoms with Crippen molar-refractivity contribution in [2.75, 3.05) is 44.3 Å². The molecule has 6 rings (SSSR count). The number of halogens is 2. The zero-order valence-electron chi connectivity index (χ0n) is 20.3. The van der Waals surface area contributed by atoms with Crippen LogP contribution in [0.25, 0.3) is 0 Å². The Morgan fingerprint density at radius 3 is 2.51 bits per heavy atom. The van der Waals surface area contributed by atoms with Crippen molar-refractivity contribution in [3.8, 4) is 5.75 Å². The Morgan fingerprint density at radius 1 is 0.943 bits per heavy atom. The van der Waals surface area contributed by atoms with Crippen LogP contribution in [0.15, 0.2) is 36.7 Å². The average molecular weight is 484 g/mol. The molecule has 1 atom stereocenters. The number of rotatable bonds is 5. The molecule has 188 valence electrons. The molecule has 0 amide bonds. The molecule has 0 unspecified atom stereocenters. The highest BCUT2D eigenvalue weighted by Crippen LogP contribution is 2.49. The molecule has 1 aromatic carbocycles. The number of pyridine rings is 1. The fourth-order valence-corrected chi connectivity index (χ4v) is 6.79. The molecule has 4 fully saturated rings. The molecule has 3 aliphatic heterocycles. The van der Waals surface area contributed by atoms with Crippen molar-refractivity contribution >= 4 is 5.69 Å². The molecule has 3 saturated heterocycles. The molecule has 1 aliphatic carbocycles. The van der Waals surface area contributed by atoms with Gasteiger partial charge in [-0.1, -0.05) is 0 Å². The van der Waals surface area contributed by atoms with Gasteiger partial charge in [0.1, 0.15) is 23.5 Å². The Morgan fingerprint density at radius 2 is 1.74 bits per heavy atom. The van der Waals surface area contributed by atoms with E-state index in [1.165, 1.54) is 31.5 Å². The average Bonchev–Trinajstić information content (AvgIpc) is 3.31. The minimum atomic E-state index is -0.268. The van der Waals surface area contributed by atoms with Crippen molar-refractivity contribution in [2.45, 2.75) is 63.0 Å². The Bertz CT molecular complexity index is 1030. The molecule has 4 aliphatic rings. The number of hydrogen-bond acceptors (Lipinski definition) is 5. The first-order valence-electron chi connectivity index (χ1n) is 13.2. The predicted octanol–water partition coefficient (Wildman–Crippen LogP) is 5.16. The number of likely N-dealkylation sites (tertiary alicyclic amines) is 1. The number of aromatic nitrogens is 1. The topological polar surface area (TPSA) is 37.8 Å². The van der Waals surface area contributed by atoms with Crippen molar-refractivity contribution < 1.29 is 18.3 Å². The first-order chi connectivity index (χ1) is 17.1. The summed E-state index contributed by atoms with van der Waals surface area (Å²) in [6.45, 7) is 5.58. The zero-order chi connectivity index (χ0) is 23.8. The van der Waals surface area contributed by atoms with Crippen LogP contribution in [0.4, 0.5) is 14.5 Å². The van der Waals surface area contributed by atoms with Gasteiger partial charge in [-0.3, -0.25) is 4.98 Å². The number of ether oxygens (including phenoxy) is 2.